The smallest absolute Gasteiger partial charge is 0.303 e. The van der Waals surface area contributed by atoms with Crippen molar-refractivity contribution in [2.45, 2.75) is 189 Å². The maximum Gasteiger partial charge on any atom is 0.303 e. The Morgan fingerprint density at radius 2 is 0.974 bits per heavy atom. The summed E-state index contributed by atoms with van der Waals surface area (Å²) < 4.78 is 0. The molecular weight excluding hydrogens is 484 g/mol. The largest absolute Gasteiger partial charge is 0.481 e. The van der Waals surface area contributed by atoms with Crippen molar-refractivity contribution in [1.82, 2.24) is 0 Å². The molecule has 2 N–H and O–H groups in total. The number of hydrogen-bond acceptors (Lipinski definition) is 2. The van der Waals surface area contributed by atoms with E-state index in [0.29, 0.717) is 24.7 Å². The van der Waals surface area contributed by atoms with Crippen LogP contribution in [0.25, 0.3) is 0 Å². The Morgan fingerprint density at radius 3 is 1.33 bits per heavy atom. The number of carbonyl (C=O) groups is 2. The quantitative estimate of drug-likeness (QED) is 0.0905. The van der Waals surface area contributed by atoms with Gasteiger partial charge in [-0.3, -0.25) is 9.59 Å². The summed E-state index contributed by atoms with van der Waals surface area (Å²) >= 11 is 0. The van der Waals surface area contributed by atoms with Crippen molar-refractivity contribution < 1.29 is 19.8 Å². The number of carboxylic acids is 2. The minimum absolute atomic E-state index is 0.117. The maximum absolute atomic E-state index is 12.0. The fourth-order valence-electron chi connectivity index (χ4n) is 6.79. The van der Waals surface area contributed by atoms with Crippen molar-refractivity contribution in [3.8, 4) is 0 Å². The van der Waals surface area contributed by atoms with Gasteiger partial charge in [-0.2, -0.15) is 0 Å². The van der Waals surface area contributed by atoms with E-state index >= 15 is 0 Å². The molecule has 0 rings (SSSR count). The molecule has 0 aromatic heterocycles. The predicted molar refractivity (Wildman–Crippen MR) is 167 cm³/mol. The molecule has 0 saturated carbocycles. The van der Waals surface area contributed by atoms with Gasteiger partial charge in [0.05, 0.1) is 0 Å². The lowest BCUT2D eigenvalue weighted by atomic mass is 9.62. The normalized spacial score (nSPS) is 15.5. The Hall–Kier alpha value is -1.06. The van der Waals surface area contributed by atoms with Gasteiger partial charge in [0, 0.05) is 12.8 Å². The molecule has 0 aliphatic heterocycles. The Balaban J connectivity index is 4.83. The van der Waals surface area contributed by atoms with E-state index in [4.69, 9.17) is 5.11 Å². The number of carboxylic acid groups (broad SMARTS) is 2. The first-order valence-corrected chi connectivity index (χ1v) is 17.2. The van der Waals surface area contributed by atoms with Gasteiger partial charge >= 0.3 is 11.9 Å². The highest BCUT2D eigenvalue weighted by Crippen LogP contribution is 2.47. The van der Waals surface area contributed by atoms with Crippen molar-refractivity contribution in [1.29, 1.82) is 0 Å². The molecule has 0 aromatic rings. The molecule has 0 spiro atoms. The predicted octanol–water partition coefficient (Wildman–Crippen LogP) is 11.5. The molecule has 232 valence electrons. The fraction of sp³-hybridized carbons (Fsp3) is 0.943. The van der Waals surface area contributed by atoms with E-state index in [-0.39, 0.29) is 11.3 Å². The van der Waals surface area contributed by atoms with Crippen LogP contribution in [0.5, 0.6) is 0 Å². The molecule has 3 atom stereocenters. The van der Waals surface area contributed by atoms with E-state index in [2.05, 4.69) is 34.6 Å². The molecule has 39 heavy (non-hydrogen) atoms. The van der Waals surface area contributed by atoms with Gasteiger partial charge < -0.3 is 10.2 Å². The van der Waals surface area contributed by atoms with Gasteiger partial charge in [-0.15, -0.1) is 0 Å². The van der Waals surface area contributed by atoms with E-state index in [9.17, 15) is 14.7 Å². The van der Waals surface area contributed by atoms with Gasteiger partial charge in [0.25, 0.3) is 0 Å². The number of unbranched alkanes of at least 4 members (excludes halogenated alkanes) is 12. The van der Waals surface area contributed by atoms with Crippen LogP contribution in [0.4, 0.5) is 0 Å². The highest BCUT2D eigenvalue weighted by atomic mass is 16.4. The summed E-state index contributed by atoms with van der Waals surface area (Å²) in [5.41, 5.74) is 0.117. The van der Waals surface area contributed by atoms with Crippen LogP contribution in [0.2, 0.25) is 0 Å². The first kappa shape index (κ1) is 37.9. The van der Waals surface area contributed by atoms with Crippen molar-refractivity contribution >= 4 is 11.9 Å². The van der Waals surface area contributed by atoms with Crippen LogP contribution in [-0.4, -0.2) is 22.2 Å². The Labute approximate surface area is 243 Å². The molecular formula is C35H68O4. The molecule has 0 aliphatic carbocycles. The first-order chi connectivity index (χ1) is 18.7. The summed E-state index contributed by atoms with van der Waals surface area (Å²) in [6.45, 7) is 11.7. The van der Waals surface area contributed by atoms with Gasteiger partial charge in [0.2, 0.25) is 0 Å². The lowest BCUT2D eigenvalue weighted by Gasteiger charge is -2.42. The highest BCUT2D eigenvalue weighted by Gasteiger charge is 2.38. The Kier molecular flexibility index (Phi) is 24.0. The third-order valence-electron chi connectivity index (χ3n) is 9.45. The van der Waals surface area contributed by atoms with Gasteiger partial charge in [-0.25, -0.2) is 0 Å². The zero-order chi connectivity index (χ0) is 29.4. The van der Waals surface area contributed by atoms with E-state index in [0.717, 1.165) is 32.1 Å². The van der Waals surface area contributed by atoms with Crippen LogP contribution in [0.3, 0.4) is 0 Å². The second-order valence-corrected chi connectivity index (χ2v) is 13.0. The SMILES string of the molecule is CCCCC(CC)CC(C)(CC(CC)CCCC)C(CCCCCCCCCCCCCC(=O)O)CC(=O)O. The minimum atomic E-state index is -0.678. The number of aliphatic carboxylic acids is 2. The van der Waals surface area contributed by atoms with Gasteiger partial charge in [-0.1, -0.05) is 150 Å². The molecule has 4 nitrogen and oxygen atoms in total. The second-order valence-electron chi connectivity index (χ2n) is 13.0. The third kappa shape index (κ3) is 20.5. The van der Waals surface area contributed by atoms with E-state index in [1.807, 2.05) is 0 Å². The van der Waals surface area contributed by atoms with Crippen molar-refractivity contribution in [2.75, 3.05) is 0 Å². The highest BCUT2D eigenvalue weighted by molar-refractivity contribution is 5.67. The second kappa shape index (κ2) is 24.7. The summed E-state index contributed by atoms with van der Waals surface area (Å²) in [4.78, 5) is 22.6. The molecule has 0 amide bonds. The molecule has 0 radical (unpaired) electrons. The maximum atomic E-state index is 12.0. The number of hydrogen-bond donors (Lipinski definition) is 2. The Morgan fingerprint density at radius 1 is 0.564 bits per heavy atom. The molecule has 0 bridgehead atoms. The summed E-state index contributed by atoms with van der Waals surface area (Å²) in [5, 5.41) is 18.6. The van der Waals surface area contributed by atoms with Crippen molar-refractivity contribution in [2.24, 2.45) is 23.2 Å². The van der Waals surface area contributed by atoms with Crippen LogP contribution in [-0.2, 0) is 9.59 Å². The van der Waals surface area contributed by atoms with Crippen molar-refractivity contribution in [3.63, 3.8) is 0 Å². The van der Waals surface area contributed by atoms with Crippen LogP contribution in [0, 0.1) is 23.2 Å². The lowest BCUT2D eigenvalue weighted by molar-refractivity contribution is -0.140. The summed E-state index contributed by atoms with van der Waals surface area (Å²) in [6, 6.07) is 0. The van der Waals surface area contributed by atoms with Gasteiger partial charge in [0.15, 0.2) is 0 Å². The summed E-state index contributed by atoms with van der Waals surface area (Å²) in [7, 11) is 0. The zero-order valence-electron chi connectivity index (χ0n) is 26.9. The van der Waals surface area contributed by atoms with Crippen molar-refractivity contribution in [3.05, 3.63) is 0 Å². The first-order valence-electron chi connectivity index (χ1n) is 17.2. The molecule has 0 heterocycles. The number of rotatable bonds is 29. The third-order valence-corrected chi connectivity index (χ3v) is 9.45. The van der Waals surface area contributed by atoms with Crippen LogP contribution < -0.4 is 0 Å². The molecule has 0 saturated heterocycles. The van der Waals surface area contributed by atoms with Crippen LogP contribution in [0.15, 0.2) is 0 Å². The fourth-order valence-corrected chi connectivity index (χ4v) is 6.79. The average molecular weight is 553 g/mol. The van der Waals surface area contributed by atoms with Gasteiger partial charge in [-0.05, 0) is 48.9 Å². The van der Waals surface area contributed by atoms with Crippen LogP contribution in [0.1, 0.15) is 189 Å². The van der Waals surface area contributed by atoms with Gasteiger partial charge in [0.1, 0.15) is 0 Å². The zero-order valence-corrected chi connectivity index (χ0v) is 26.9. The minimum Gasteiger partial charge on any atom is -0.481 e. The van der Waals surface area contributed by atoms with E-state index in [1.165, 1.54) is 109 Å². The Bertz CT molecular complexity index is 569. The molecule has 3 unspecified atom stereocenters. The average Bonchev–Trinajstić information content (AvgIpc) is 2.90. The topological polar surface area (TPSA) is 74.6 Å². The monoisotopic (exact) mass is 553 g/mol. The van der Waals surface area contributed by atoms with E-state index < -0.39 is 11.9 Å². The molecule has 0 aromatic carbocycles. The molecule has 4 heteroatoms. The standard InChI is InChI=1S/C35H68O4/c1-6-10-23-30(8-3)28-35(5,29-31(9-4)24-11-7-2)32(27-34(38)39)25-21-19-17-15-13-12-14-16-18-20-22-26-33(36)37/h30-32H,6-29H2,1-5H3,(H,36,37)(H,38,39). The molecule has 0 fully saturated rings. The van der Waals surface area contributed by atoms with E-state index in [1.54, 1.807) is 0 Å². The van der Waals surface area contributed by atoms with Crippen LogP contribution >= 0.6 is 0 Å². The summed E-state index contributed by atoms with van der Waals surface area (Å²) in [5.74, 6) is 0.419. The lowest BCUT2D eigenvalue weighted by Crippen LogP contribution is -2.34. The molecule has 0 aliphatic rings. The summed E-state index contributed by atoms with van der Waals surface area (Å²) in [6.07, 6.45) is 27.1.